The van der Waals surface area contributed by atoms with Gasteiger partial charge in [-0.1, -0.05) is 0 Å². The van der Waals surface area contributed by atoms with Gasteiger partial charge >= 0.3 is 118 Å². The first-order chi connectivity index (χ1) is 9.33. The third-order valence-corrected chi connectivity index (χ3v) is 5.30. The maximum atomic E-state index is 9.95. The molecule has 0 radical (unpaired) electrons. The molecule has 0 bridgehead atoms. The minimum atomic E-state index is 0.217. The first-order valence-corrected chi connectivity index (χ1v) is 7.82. The summed E-state index contributed by atoms with van der Waals surface area (Å²) in [7, 11) is 0. The normalized spacial score (nSPS) is 10.3. The van der Waals surface area contributed by atoms with Crippen molar-refractivity contribution in [3.8, 4) is 20.0 Å². The van der Waals surface area contributed by atoms with E-state index in [1.54, 1.807) is 0 Å². The van der Waals surface area contributed by atoms with Crippen LogP contribution < -0.4 is 5.43 Å². The molecule has 1 heterocycles. The molecular weight excluding hydrogens is 299 g/mol. The Kier molecular flexibility index (Phi) is 3.45. The van der Waals surface area contributed by atoms with Gasteiger partial charge in [-0.15, -0.1) is 0 Å². The first kappa shape index (κ1) is 12.2. The van der Waals surface area contributed by atoms with Crippen LogP contribution in [0.1, 0.15) is 0 Å². The summed E-state index contributed by atoms with van der Waals surface area (Å²) in [6.07, 6.45) is 0. The Bertz CT molecular complexity index is 669. The molecule has 92 valence electrons. The SMILES string of the molecule is [OH+]=c1cc(-c2ccccc2)[se]c(-c2ccccc2)c1. The van der Waals surface area contributed by atoms with Crippen LogP contribution in [0.2, 0.25) is 0 Å². The van der Waals surface area contributed by atoms with Gasteiger partial charge in [-0.25, -0.2) is 0 Å². The molecule has 2 aromatic carbocycles. The molecule has 0 aliphatic rings. The summed E-state index contributed by atoms with van der Waals surface area (Å²) in [4.78, 5) is 9.95. The van der Waals surface area contributed by atoms with Gasteiger partial charge in [0.2, 0.25) is 0 Å². The van der Waals surface area contributed by atoms with E-state index in [2.05, 4.69) is 24.3 Å². The Morgan fingerprint density at radius 2 is 1.05 bits per heavy atom. The molecule has 1 nitrogen and oxygen atoms in total. The predicted molar refractivity (Wildman–Crippen MR) is 79.3 cm³/mol. The van der Waals surface area contributed by atoms with Crippen molar-refractivity contribution in [1.29, 1.82) is 0 Å². The molecule has 0 saturated carbocycles. The molecule has 1 aromatic heterocycles. The fourth-order valence-electron chi connectivity index (χ4n) is 1.98. The average Bonchev–Trinajstić information content (AvgIpc) is 2.48. The quantitative estimate of drug-likeness (QED) is 0.512. The molecule has 0 aliphatic heterocycles. The van der Waals surface area contributed by atoms with E-state index in [0.717, 1.165) is 0 Å². The third kappa shape index (κ3) is 2.76. The molecular formula is C17H13OSe+. The van der Waals surface area contributed by atoms with Crippen molar-refractivity contribution in [2.24, 2.45) is 0 Å². The summed E-state index contributed by atoms with van der Waals surface area (Å²) >= 11 is 0.217. The first-order valence-electron chi connectivity index (χ1n) is 6.11. The topological polar surface area (TPSA) is 21.4 Å². The van der Waals surface area contributed by atoms with Crippen LogP contribution in [0.4, 0.5) is 0 Å². The van der Waals surface area contributed by atoms with E-state index < -0.39 is 0 Å². The van der Waals surface area contributed by atoms with Crippen molar-refractivity contribution in [2.45, 2.75) is 0 Å². The molecule has 0 fully saturated rings. The second-order valence-electron chi connectivity index (χ2n) is 4.28. The van der Waals surface area contributed by atoms with Gasteiger partial charge in [-0.05, 0) is 0 Å². The van der Waals surface area contributed by atoms with E-state index in [4.69, 9.17) is 0 Å². The van der Waals surface area contributed by atoms with Gasteiger partial charge in [0.15, 0.2) is 0 Å². The van der Waals surface area contributed by atoms with Crippen molar-refractivity contribution < 1.29 is 4.79 Å². The average molecular weight is 312 g/mol. The summed E-state index contributed by atoms with van der Waals surface area (Å²) in [5.74, 6) is 0. The minimum absolute atomic E-state index is 0.217. The van der Waals surface area contributed by atoms with Gasteiger partial charge in [0, 0.05) is 0 Å². The summed E-state index contributed by atoms with van der Waals surface area (Å²) in [5, 5.41) is 0. The van der Waals surface area contributed by atoms with Crippen LogP contribution in [0.25, 0.3) is 20.0 Å². The van der Waals surface area contributed by atoms with Crippen LogP contribution >= 0.6 is 0 Å². The molecule has 2 heteroatoms. The summed E-state index contributed by atoms with van der Waals surface area (Å²) in [6, 6.07) is 24.3. The van der Waals surface area contributed by atoms with E-state index in [-0.39, 0.29) is 14.5 Å². The fourth-order valence-corrected chi connectivity index (χ4v) is 4.29. The Balaban J connectivity index is 2.15. The summed E-state index contributed by atoms with van der Waals surface area (Å²) in [6.45, 7) is 0. The van der Waals surface area contributed by atoms with Crippen molar-refractivity contribution in [2.75, 3.05) is 0 Å². The van der Waals surface area contributed by atoms with Crippen molar-refractivity contribution in [3.63, 3.8) is 0 Å². The summed E-state index contributed by atoms with van der Waals surface area (Å²) in [5.41, 5.74) is 2.72. The van der Waals surface area contributed by atoms with Gasteiger partial charge in [0.05, 0.1) is 0 Å². The number of hydrogen-bond acceptors (Lipinski definition) is 0. The van der Waals surface area contributed by atoms with Gasteiger partial charge < -0.3 is 0 Å². The zero-order chi connectivity index (χ0) is 13.1. The van der Waals surface area contributed by atoms with E-state index in [0.29, 0.717) is 5.43 Å². The van der Waals surface area contributed by atoms with E-state index in [9.17, 15) is 4.79 Å². The molecule has 3 rings (SSSR count). The van der Waals surface area contributed by atoms with Crippen LogP contribution in [0.15, 0.2) is 72.8 Å². The monoisotopic (exact) mass is 313 g/mol. The second kappa shape index (κ2) is 5.39. The van der Waals surface area contributed by atoms with Crippen molar-refractivity contribution >= 4 is 14.5 Å². The van der Waals surface area contributed by atoms with Crippen LogP contribution in [-0.4, -0.2) is 19.3 Å². The van der Waals surface area contributed by atoms with Gasteiger partial charge in [-0.3, -0.25) is 0 Å². The van der Waals surface area contributed by atoms with Gasteiger partial charge in [0.25, 0.3) is 0 Å². The maximum absolute atomic E-state index is 9.95. The van der Waals surface area contributed by atoms with E-state index >= 15 is 0 Å². The zero-order valence-electron chi connectivity index (χ0n) is 10.3. The van der Waals surface area contributed by atoms with Crippen molar-refractivity contribution in [1.82, 2.24) is 0 Å². The van der Waals surface area contributed by atoms with Gasteiger partial charge in [-0.2, -0.15) is 0 Å². The molecule has 19 heavy (non-hydrogen) atoms. The number of rotatable bonds is 2. The molecule has 1 N–H and O–H groups in total. The molecule has 0 saturated heterocycles. The van der Waals surface area contributed by atoms with Crippen LogP contribution in [0.3, 0.4) is 0 Å². The molecule has 0 spiro atoms. The zero-order valence-corrected chi connectivity index (χ0v) is 12.0. The van der Waals surface area contributed by atoms with Crippen LogP contribution in [0.5, 0.6) is 0 Å². The Hall–Kier alpha value is -1.89. The molecule has 0 aliphatic carbocycles. The Morgan fingerprint density at radius 1 is 0.632 bits per heavy atom. The van der Waals surface area contributed by atoms with Crippen LogP contribution in [-0.2, 0) is 0 Å². The predicted octanol–water partition coefficient (Wildman–Crippen LogP) is 3.08. The molecule has 0 atom stereocenters. The van der Waals surface area contributed by atoms with E-state index in [1.807, 2.05) is 48.5 Å². The Labute approximate surface area is 117 Å². The standard InChI is InChI=1S/C17H12OSe/c18-15-11-16(13-7-3-1-4-8-13)19-17(12-15)14-9-5-2-6-10-14/h1-12H/p+1. The van der Waals surface area contributed by atoms with Crippen LogP contribution in [0, 0.1) is 0 Å². The fraction of sp³-hybridized carbons (Fsp3) is 0. The van der Waals surface area contributed by atoms with Crippen molar-refractivity contribution in [3.05, 3.63) is 78.2 Å². The number of hydrogen-bond donors (Lipinski definition) is 0. The summed E-state index contributed by atoms with van der Waals surface area (Å²) < 4.78 is 2.43. The molecule has 3 aromatic rings. The third-order valence-electron chi connectivity index (χ3n) is 2.89. The Morgan fingerprint density at radius 3 is 1.47 bits per heavy atom. The molecule has 0 amide bonds. The number of benzene rings is 2. The van der Waals surface area contributed by atoms with Gasteiger partial charge in [0.1, 0.15) is 0 Å². The molecule has 0 unspecified atom stereocenters. The van der Waals surface area contributed by atoms with E-state index in [1.165, 1.54) is 20.0 Å². The second-order valence-corrected chi connectivity index (χ2v) is 6.55.